The standard InChI is InChI=1S/C16H22N2O2S/c17-16(21)13-6-4-12(5-7-13)11-18-15(19)9-8-14-3-1-2-10-20-14/h4-7,14H,1-3,8-11H2,(H2,17,21)(H,18,19). The first kappa shape index (κ1) is 15.9. The Morgan fingerprint density at radius 3 is 2.71 bits per heavy atom. The largest absolute Gasteiger partial charge is 0.389 e. The highest BCUT2D eigenvalue weighted by Crippen LogP contribution is 2.16. The number of amides is 1. The Hall–Kier alpha value is -1.46. The van der Waals surface area contributed by atoms with Crippen molar-refractivity contribution in [2.24, 2.45) is 5.73 Å². The number of thiocarbonyl (C=S) groups is 1. The molecule has 114 valence electrons. The third-order valence-electron chi connectivity index (χ3n) is 3.70. The minimum atomic E-state index is 0.0718. The van der Waals surface area contributed by atoms with Gasteiger partial charge in [-0.3, -0.25) is 4.79 Å². The number of rotatable bonds is 6. The van der Waals surface area contributed by atoms with E-state index in [-0.39, 0.29) is 12.0 Å². The molecule has 1 aliphatic heterocycles. The van der Waals surface area contributed by atoms with E-state index in [4.69, 9.17) is 22.7 Å². The fraction of sp³-hybridized carbons (Fsp3) is 0.500. The molecule has 1 unspecified atom stereocenters. The number of carbonyl (C=O) groups excluding carboxylic acids is 1. The lowest BCUT2D eigenvalue weighted by atomic mass is 10.0. The van der Waals surface area contributed by atoms with Gasteiger partial charge in [-0.05, 0) is 31.2 Å². The van der Waals surface area contributed by atoms with Crippen LogP contribution in [0.3, 0.4) is 0 Å². The smallest absolute Gasteiger partial charge is 0.220 e. The Morgan fingerprint density at radius 2 is 2.10 bits per heavy atom. The van der Waals surface area contributed by atoms with Gasteiger partial charge in [-0.25, -0.2) is 0 Å². The van der Waals surface area contributed by atoms with Crippen LogP contribution in [-0.4, -0.2) is 23.6 Å². The molecule has 0 aromatic heterocycles. The Kier molecular flexibility index (Phi) is 6.14. The number of ether oxygens (including phenoxy) is 1. The number of nitrogens with two attached hydrogens (primary N) is 1. The van der Waals surface area contributed by atoms with E-state index in [1.165, 1.54) is 6.42 Å². The number of benzene rings is 1. The van der Waals surface area contributed by atoms with Crippen molar-refractivity contribution in [2.75, 3.05) is 6.61 Å². The van der Waals surface area contributed by atoms with Gasteiger partial charge in [-0.15, -0.1) is 0 Å². The molecule has 1 fully saturated rings. The molecule has 1 aromatic carbocycles. The van der Waals surface area contributed by atoms with Crippen molar-refractivity contribution >= 4 is 23.1 Å². The fourth-order valence-electron chi connectivity index (χ4n) is 2.40. The molecular formula is C16H22N2O2S. The second-order valence-electron chi connectivity index (χ2n) is 5.37. The van der Waals surface area contributed by atoms with Gasteiger partial charge in [0.2, 0.25) is 5.91 Å². The predicted molar refractivity (Wildman–Crippen MR) is 87.0 cm³/mol. The zero-order chi connectivity index (χ0) is 15.1. The monoisotopic (exact) mass is 306 g/mol. The summed E-state index contributed by atoms with van der Waals surface area (Å²) in [5.41, 5.74) is 7.43. The van der Waals surface area contributed by atoms with Crippen LogP contribution in [0.4, 0.5) is 0 Å². The van der Waals surface area contributed by atoms with Gasteiger partial charge in [0.15, 0.2) is 0 Å². The van der Waals surface area contributed by atoms with E-state index in [1.807, 2.05) is 24.3 Å². The number of hydrogen-bond donors (Lipinski definition) is 2. The Balaban J connectivity index is 1.69. The molecule has 1 atom stereocenters. The van der Waals surface area contributed by atoms with Crippen LogP contribution >= 0.6 is 12.2 Å². The fourth-order valence-corrected chi connectivity index (χ4v) is 2.54. The van der Waals surface area contributed by atoms with Crippen LogP contribution < -0.4 is 11.1 Å². The molecule has 0 aliphatic carbocycles. The summed E-state index contributed by atoms with van der Waals surface area (Å²) in [6.07, 6.45) is 5.02. The molecule has 5 heteroatoms. The van der Waals surface area contributed by atoms with E-state index in [0.29, 0.717) is 18.0 Å². The Morgan fingerprint density at radius 1 is 1.33 bits per heavy atom. The average Bonchev–Trinajstić information content (AvgIpc) is 2.52. The SMILES string of the molecule is NC(=S)c1ccc(CNC(=O)CCC2CCCCO2)cc1. The van der Waals surface area contributed by atoms with Crippen LogP contribution in [-0.2, 0) is 16.1 Å². The van der Waals surface area contributed by atoms with E-state index in [0.717, 1.165) is 37.0 Å². The summed E-state index contributed by atoms with van der Waals surface area (Å²) < 4.78 is 5.62. The third-order valence-corrected chi connectivity index (χ3v) is 3.93. The summed E-state index contributed by atoms with van der Waals surface area (Å²) in [5.74, 6) is 0.0718. The molecule has 0 radical (unpaired) electrons. The molecule has 1 saturated heterocycles. The summed E-state index contributed by atoms with van der Waals surface area (Å²) in [6.45, 7) is 1.36. The van der Waals surface area contributed by atoms with E-state index < -0.39 is 0 Å². The molecule has 1 amide bonds. The summed E-state index contributed by atoms with van der Waals surface area (Å²) >= 11 is 4.90. The van der Waals surface area contributed by atoms with Gasteiger partial charge in [0.25, 0.3) is 0 Å². The summed E-state index contributed by atoms with van der Waals surface area (Å²) in [4.78, 5) is 12.2. The second-order valence-corrected chi connectivity index (χ2v) is 5.80. The van der Waals surface area contributed by atoms with Gasteiger partial charge in [-0.2, -0.15) is 0 Å². The first-order chi connectivity index (χ1) is 10.1. The number of nitrogens with one attached hydrogen (secondary N) is 1. The van der Waals surface area contributed by atoms with Crippen LogP contribution in [0.1, 0.15) is 43.2 Å². The lowest BCUT2D eigenvalue weighted by molar-refractivity contribution is -0.122. The zero-order valence-corrected chi connectivity index (χ0v) is 13.0. The molecule has 0 bridgehead atoms. The van der Waals surface area contributed by atoms with Crippen LogP contribution in [0.15, 0.2) is 24.3 Å². The maximum Gasteiger partial charge on any atom is 0.220 e. The number of hydrogen-bond acceptors (Lipinski definition) is 3. The van der Waals surface area contributed by atoms with Crippen molar-refractivity contribution in [2.45, 2.75) is 44.8 Å². The highest BCUT2D eigenvalue weighted by molar-refractivity contribution is 7.80. The Labute approximate surface area is 131 Å². The van der Waals surface area contributed by atoms with Crippen molar-refractivity contribution in [3.8, 4) is 0 Å². The van der Waals surface area contributed by atoms with Gasteiger partial charge in [0.05, 0.1) is 6.10 Å². The quantitative estimate of drug-likeness (QED) is 0.792. The molecule has 3 N–H and O–H groups in total. The van der Waals surface area contributed by atoms with E-state index >= 15 is 0 Å². The maximum absolute atomic E-state index is 11.8. The third kappa shape index (κ3) is 5.44. The molecule has 4 nitrogen and oxygen atoms in total. The minimum Gasteiger partial charge on any atom is -0.389 e. The average molecular weight is 306 g/mol. The number of carbonyl (C=O) groups is 1. The second kappa shape index (κ2) is 8.10. The normalized spacial score (nSPS) is 18.2. The molecule has 1 aromatic rings. The van der Waals surface area contributed by atoms with Gasteiger partial charge < -0.3 is 15.8 Å². The van der Waals surface area contributed by atoms with Crippen LogP contribution in [0.2, 0.25) is 0 Å². The highest BCUT2D eigenvalue weighted by atomic mass is 32.1. The lowest BCUT2D eigenvalue weighted by Crippen LogP contribution is -2.26. The van der Waals surface area contributed by atoms with Crippen LogP contribution in [0.5, 0.6) is 0 Å². The molecule has 0 spiro atoms. The molecule has 1 aliphatic rings. The highest BCUT2D eigenvalue weighted by Gasteiger charge is 2.15. The zero-order valence-electron chi connectivity index (χ0n) is 12.1. The van der Waals surface area contributed by atoms with Gasteiger partial charge >= 0.3 is 0 Å². The maximum atomic E-state index is 11.8. The summed E-state index contributed by atoms with van der Waals surface area (Å²) in [5, 5.41) is 2.93. The molecule has 1 heterocycles. The summed E-state index contributed by atoms with van der Waals surface area (Å²) in [6, 6.07) is 7.61. The first-order valence-corrected chi connectivity index (χ1v) is 7.83. The van der Waals surface area contributed by atoms with Crippen molar-refractivity contribution in [1.29, 1.82) is 0 Å². The van der Waals surface area contributed by atoms with Gasteiger partial charge in [0.1, 0.15) is 4.99 Å². The van der Waals surface area contributed by atoms with Crippen molar-refractivity contribution in [1.82, 2.24) is 5.32 Å². The first-order valence-electron chi connectivity index (χ1n) is 7.42. The van der Waals surface area contributed by atoms with Gasteiger partial charge in [0, 0.05) is 25.1 Å². The van der Waals surface area contributed by atoms with E-state index in [2.05, 4.69) is 5.32 Å². The van der Waals surface area contributed by atoms with Crippen LogP contribution in [0.25, 0.3) is 0 Å². The van der Waals surface area contributed by atoms with Gasteiger partial charge in [-0.1, -0.05) is 36.5 Å². The van der Waals surface area contributed by atoms with Crippen molar-refractivity contribution in [3.05, 3.63) is 35.4 Å². The van der Waals surface area contributed by atoms with Crippen molar-refractivity contribution in [3.63, 3.8) is 0 Å². The molecule has 0 saturated carbocycles. The van der Waals surface area contributed by atoms with Crippen molar-refractivity contribution < 1.29 is 9.53 Å². The lowest BCUT2D eigenvalue weighted by Gasteiger charge is -2.22. The van der Waals surface area contributed by atoms with E-state index in [9.17, 15) is 4.79 Å². The predicted octanol–water partition coefficient (Wildman–Crippen LogP) is 2.29. The topological polar surface area (TPSA) is 64.3 Å². The summed E-state index contributed by atoms with van der Waals surface area (Å²) in [7, 11) is 0. The minimum absolute atomic E-state index is 0.0718. The Bertz CT molecular complexity index is 482. The molecular weight excluding hydrogens is 284 g/mol. The van der Waals surface area contributed by atoms with E-state index in [1.54, 1.807) is 0 Å². The molecule has 2 rings (SSSR count). The molecule has 21 heavy (non-hydrogen) atoms. The van der Waals surface area contributed by atoms with Crippen LogP contribution in [0, 0.1) is 0 Å².